The highest BCUT2D eigenvalue weighted by atomic mass is 16.3. The van der Waals surface area contributed by atoms with Crippen LogP contribution in [0.5, 0.6) is 0 Å². The molecule has 9 aromatic rings. The fraction of sp³-hybridized carbons (Fsp3) is 0.111. The molecular weight excluding hydrogens is 679 g/mol. The van der Waals surface area contributed by atoms with Crippen LogP contribution >= 0.6 is 0 Å². The zero-order chi connectivity index (χ0) is 37.8. The van der Waals surface area contributed by atoms with Crippen LogP contribution in [0.2, 0.25) is 0 Å². The molecule has 2 aliphatic carbocycles. The number of furan rings is 1. The van der Waals surface area contributed by atoms with Gasteiger partial charge in [-0.2, -0.15) is 0 Å². The monoisotopic (exact) mass is 719 g/mol. The SMILES string of the molecule is CC1(C)c2ccccc2-c2cc(-c3cccc(N(c4cccc(-c5ccc6c(c5)-c5ccccc5C6(C)C)c4)c4ccc5c(c4)oc4ccccc45)c3)ccc21. The molecule has 0 amide bonds. The normalized spacial score (nSPS) is 14.4. The number of rotatable bonds is 5. The minimum atomic E-state index is -0.0260. The number of hydrogen-bond donors (Lipinski definition) is 0. The van der Waals surface area contributed by atoms with Gasteiger partial charge in [0.15, 0.2) is 0 Å². The molecule has 0 fully saturated rings. The second-order valence-electron chi connectivity index (χ2n) is 16.6. The van der Waals surface area contributed by atoms with E-state index < -0.39 is 0 Å². The van der Waals surface area contributed by atoms with Crippen molar-refractivity contribution in [2.45, 2.75) is 38.5 Å². The average molecular weight is 720 g/mol. The summed E-state index contributed by atoms with van der Waals surface area (Å²) in [4.78, 5) is 2.37. The molecular formula is C54H41NO. The number of benzene rings is 8. The lowest BCUT2D eigenvalue weighted by Gasteiger charge is -2.27. The van der Waals surface area contributed by atoms with Crippen LogP contribution in [0, 0.1) is 0 Å². The number of hydrogen-bond acceptors (Lipinski definition) is 2. The van der Waals surface area contributed by atoms with Crippen LogP contribution in [0.15, 0.2) is 180 Å². The molecule has 2 heteroatoms. The molecule has 0 saturated carbocycles. The summed E-state index contributed by atoms with van der Waals surface area (Å²) in [6.45, 7) is 9.35. The first-order chi connectivity index (χ1) is 27.3. The summed E-state index contributed by atoms with van der Waals surface area (Å²) in [5.74, 6) is 0. The third kappa shape index (κ3) is 4.82. The van der Waals surface area contributed by atoms with E-state index in [4.69, 9.17) is 4.42 Å². The molecule has 56 heavy (non-hydrogen) atoms. The van der Waals surface area contributed by atoms with E-state index in [1.54, 1.807) is 0 Å². The Morgan fingerprint density at radius 3 is 1.39 bits per heavy atom. The van der Waals surface area contributed by atoms with Gasteiger partial charge in [-0.15, -0.1) is 0 Å². The molecule has 0 saturated heterocycles. The Bertz CT molecular complexity index is 2900. The average Bonchev–Trinajstić information content (AvgIpc) is 3.80. The van der Waals surface area contributed by atoms with Crippen molar-refractivity contribution in [2.75, 3.05) is 4.90 Å². The van der Waals surface area contributed by atoms with Crippen LogP contribution < -0.4 is 4.90 Å². The van der Waals surface area contributed by atoms with Gasteiger partial charge in [-0.3, -0.25) is 0 Å². The second kappa shape index (κ2) is 11.9. The second-order valence-corrected chi connectivity index (χ2v) is 16.6. The Morgan fingerprint density at radius 1 is 0.339 bits per heavy atom. The number of para-hydroxylation sites is 1. The third-order valence-corrected chi connectivity index (χ3v) is 12.7. The van der Waals surface area contributed by atoms with Crippen molar-refractivity contribution in [3.8, 4) is 44.5 Å². The Labute approximate surface area is 328 Å². The van der Waals surface area contributed by atoms with Crippen molar-refractivity contribution in [1.29, 1.82) is 0 Å². The summed E-state index contributed by atoms with van der Waals surface area (Å²) in [7, 11) is 0. The quantitative estimate of drug-likeness (QED) is 0.176. The van der Waals surface area contributed by atoms with Gasteiger partial charge in [-0.05, 0) is 121 Å². The molecule has 2 aliphatic rings. The highest BCUT2D eigenvalue weighted by molar-refractivity contribution is 6.06. The predicted molar refractivity (Wildman–Crippen MR) is 234 cm³/mol. The molecule has 1 aromatic heterocycles. The fourth-order valence-corrected chi connectivity index (χ4v) is 9.75. The van der Waals surface area contributed by atoms with Crippen LogP contribution in [0.4, 0.5) is 17.1 Å². The van der Waals surface area contributed by atoms with E-state index in [1.807, 2.05) is 12.1 Å². The van der Waals surface area contributed by atoms with Crippen LogP contribution in [-0.4, -0.2) is 0 Å². The maximum absolute atomic E-state index is 6.45. The molecule has 268 valence electrons. The molecule has 0 unspecified atom stereocenters. The summed E-state index contributed by atoms with van der Waals surface area (Å²) < 4.78 is 6.45. The lowest BCUT2D eigenvalue weighted by Crippen LogP contribution is -2.14. The molecule has 2 nitrogen and oxygen atoms in total. The zero-order valence-corrected chi connectivity index (χ0v) is 32.1. The van der Waals surface area contributed by atoms with E-state index in [-0.39, 0.29) is 10.8 Å². The van der Waals surface area contributed by atoms with Crippen LogP contribution in [-0.2, 0) is 10.8 Å². The number of anilines is 3. The first kappa shape index (κ1) is 32.8. The summed E-state index contributed by atoms with van der Waals surface area (Å²) in [6, 6.07) is 64.6. The first-order valence-electron chi connectivity index (χ1n) is 19.7. The van der Waals surface area contributed by atoms with Crippen molar-refractivity contribution in [1.82, 2.24) is 0 Å². The highest BCUT2D eigenvalue weighted by Gasteiger charge is 2.36. The summed E-state index contributed by atoms with van der Waals surface area (Å²) in [6.07, 6.45) is 0. The van der Waals surface area contributed by atoms with Crippen LogP contribution in [0.25, 0.3) is 66.4 Å². The van der Waals surface area contributed by atoms with Gasteiger partial charge >= 0.3 is 0 Å². The van der Waals surface area contributed by atoms with E-state index in [0.29, 0.717) is 0 Å². The van der Waals surface area contributed by atoms with E-state index in [2.05, 4.69) is 196 Å². The lowest BCUT2D eigenvalue weighted by atomic mass is 9.82. The van der Waals surface area contributed by atoms with Crippen molar-refractivity contribution in [3.05, 3.63) is 198 Å². The molecule has 8 aromatic carbocycles. The van der Waals surface area contributed by atoms with Crippen molar-refractivity contribution in [2.24, 2.45) is 0 Å². The van der Waals surface area contributed by atoms with Gasteiger partial charge in [0.1, 0.15) is 11.2 Å². The summed E-state index contributed by atoms with van der Waals surface area (Å²) in [5.41, 5.74) is 20.6. The Hall–Kier alpha value is -6.64. The van der Waals surface area contributed by atoms with E-state index in [0.717, 1.165) is 39.0 Å². The molecule has 0 bridgehead atoms. The zero-order valence-electron chi connectivity index (χ0n) is 32.1. The first-order valence-corrected chi connectivity index (χ1v) is 19.7. The predicted octanol–water partition coefficient (Wildman–Crippen LogP) is 15.0. The van der Waals surface area contributed by atoms with Gasteiger partial charge in [0.2, 0.25) is 0 Å². The van der Waals surface area contributed by atoms with Gasteiger partial charge in [0, 0.05) is 44.7 Å². The molecule has 0 aliphatic heterocycles. The van der Waals surface area contributed by atoms with Gasteiger partial charge in [-0.1, -0.05) is 143 Å². The van der Waals surface area contributed by atoms with Crippen molar-refractivity contribution in [3.63, 3.8) is 0 Å². The topological polar surface area (TPSA) is 16.4 Å². The maximum atomic E-state index is 6.45. The highest BCUT2D eigenvalue weighted by Crippen LogP contribution is 2.51. The van der Waals surface area contributed by atoms with Crippen molar-refractivity contribution < 1.29 is 4.42 Å². The standard InChI is InChI=1S/C54H41NO/c1-53(2)47-20-8-5-17-41(47)45-31-36(23-27-49(45)53)34-13-11-15-38(29-34)55(40-25-26-44-43-19-7-10-22-51(43)56-52(44)33-40)39-16-12-14-35(30-39)37-24-28-50-46(32-37)42-18-6-9-21-48(42)54(50,3)4/h5-33H,1-4H3. The van der Waals surface area contributed by atoms with Crippen LogP contribution in [0.1, 0.15) is 49.9 Å². The summed E-state index contributed by atoms with van der Waals surface area (Å²) >= 11 is 0. The molecule has 0 atom stereocenters. The number of nitrogens with zero attached hydrogens (tertiary/aromatic N) is 1. The van der Waals surface area contributed by atoms with E-state index in [9.17, 15) is 0 Å². The van der Waals surface area contributed by atoms with E-state index >= 15 is 0 Å². The largest absolute Gasteiger partial charge is 0.456 e. The molecule has 0 N–H and O–H groups in total. The molecule has 11 rings (SSSR count). The van der Waals surface area contributed by atoms with Gasteiger partial charge in [0.25, 0.3) is 0 Å². The Balaban J connectivity index is 1.05. The van der Waals surface area contributed by atoms with E-state index in [1.165, 1.54) is 66.8 Å². The smallest absolute Gasteiger partial charge is 0.137 e. The minimum Gasteiger partial charge on any atom is -0.456 e. The Morgan fingerprint density at radius 2 is 0.804 bits per heavy atom. The van der Waals surface area contributed by atoms with Crippen molar-refractivity contribution >= 4 is 39.0 Å². The van der Waals surface area contributed by atoms with Gasteiger partial charge in [0.05, 0.1) is 0 Å². The molecule has 1 heterocycles. The van der Waals surface area contributed by atoms with Crippen LogP contribution in [0.3, 0.4) is 0 Å². The minimum absolute atomic E-state index is 0.0260. The molecule has 0 radical (unpaired) electrons. The third-order valence-electron chi connectivity index (χ3n) is 12.7. The maximum Gasteiger partial charge on any atom is 0.137 e. The van der Waals surface area contributed by atoms with Gasteiger partial charge < -0.3 is 9.32 Å². The fourth-order valence-electron chi connectivity index (χ4n) is 9.75. The summed E-state index contributed by atoms with van der Waals surface area (Å²) in [5, 5.41) is 2.25. The Kier molecular flexibility index (Phi) is 6.98. The number of fused-ring (bicyclic) bond motifs is 9. The molecule has 0 spiro atoms. The lowest BCUT2D eigenvalue weighted by molar-refractivity contribution is 0.660. The van der Waals surface area contributed by atoms with Gasteiger partial charge in [-0.25, -0.2) is 0 Å².